The average molecular weight is 433 g/mol. The van der Waals surface area contributed by atoms with Gasteiger partial charge in [0, 0.05) is 46.0 Å². The molecule has 0 radical (unpaired) electrons. The van der Waals surface area contributed by atoms with Crippen molar-refractivity contribution >= 4 is 35.2 Å². The van der Waals surface area contributed by atoms with Gasteiger partial charge in [-0.05, 0) is 13.0 Å². The van der Waals surface area contributed by atoms with Crippen molar-refractivity contribution < 1.29 is 23.9 Å². The number of nitrogen functional groups attached to an aromatic ring is 1. The van der Waals surface area contributed by atoms with Crippen LogP contribution in [0.5, 0.6) is 0 Å². The van der Waals surface area contributed by atoms with E-state index in [1.807, 2.05) is 0 Å². The molecule has 12 heteroatoms. The zero-order chi connectivity index (χ0) is 23.0. The third-order valence-electron chi connectivity index (χ3n) is 4.16. The van der Waals surface area contributed by atoms with Crippen molar-refractivity contribution in [2.75, 3.05) is 30.7 Å². The molecular weight excluding hydrogens is 406 g/mol. The number of carbonyl (C=O) groups is 4. The van der Waals surface area contributed by atoms with Crippen LogP contribution in [0.15, 0.2) is 18.5 Å². The number of ether oxygens (including phenoxy) is 1. The summed E-state index contributed by atoms with van der Waals surface area (Å²) in [6.45, 7) is 2.20. The number of aryl methyl sites for hydroxylation is 2. The molecule has 0 bridgehead atoms. The number of rotatable bonds is 10. The van der Waals surface area contributed by atoms with E-state index < -0.39 is 11.9 Å². The summed E-state index contributed by atoms with van der Waals surface area (Å²) in [5.74, 6) is -1.33. The van der Waals surface area contributed by atoms with E-state index in [0.717, 1.165) is 0 Å². The standard InChI is InChI=1S/C19H27N7O5/c1-4-31-16(28)6-8-22-19(30)17-24-14(11-26(17)3)23-15(27)5-7-21-18(29)13-9-12(20)10-25(13)2/h9-11H,4-8,20H2,1-3H3,(H,21,29)(H,22,30)(H,23,27). The van der Waals surface area contributed by atoms with Crippen molar-refractivity contribution in [2.45, 2.75) is 19.8 Å². The van der Waals surface area contributed by atoms with Crippen LogP contribution in [0.1, 0.15) is 40.9 Å². The van der Waals surface area contributed by atoms with Crippen LogP contribution in [0.3, 0.4) is 0 Å². The topological polar surface area (TPSA) is 162 Å². The van der Waals surface area contributed by atoms with Gasteiger partial charge in [0.15, 0.2) is 5.82 Å². The Morgan fingerprint density at radius 2 is 1.71 bits per heavy atom. The van der Waals surface area contributed by atoms with Gasteiger partial charge in [-0.2, -0.15) is 0 Å². The van der Waals surface area contributed by atoms with Crippen LogP contribution in [0.2, 0.25) is 0 Å². The van der Waals surface area contributed by atoms with Gasteiger partial charge in [0.25, 0.3) is 11.8 Å². The van der Waals surface area contributed by atoms with Crippen molar-refractivity contribution in [3.63, 3.8) is 0 Å². The number of aromatic nitrogens is 3. The Balaban J connectivity index is 1.79. The van der Waals surface area contributed by atoms with Gasteiger partial charge in [-0.1, -0.05) is 0 Å². The van der Waals surface area contributed by atoms with Crippen molar-refractivity contribution in [1.29, 1.82) is 0 Å². The van der Waals surface area contributed by atoms with E-state index in [-0.39, 0.29) is 56.0 Å². The molecule has 0 aliphatic rings. The molecule has 0 spiro atoms. The number of carbonyl (C=O) groups excluding carboxylic acids is 4. The Bertz CT molecular complexity index is 963. The van der Waals surface area contributed by atoms with Crippen molar-refractivity contribution in [1.82, 2.24) is 24.8 Å². The quantitative estimate of drug-likeness (QED) is 0.377. The number of amides is 3. The largest absolute Gasteiger partial charge is 0.466 e. The Morgan fingerprint density at radius 1 is 1.03 bits per heavy atom. The molecule has 0 saturated carbocycles. The molecule has 0 aromatic carbocycles. The molecule has 0 atom stereocenters. The van der Waals surface area contributed by atoms with E-state index in [1.54, 1.807) is 37.8 Å². The van der Waals surface area contributed by atoms with Crippen LogP contribution in [0.4, 0.5) is 11.5 Å². The second-order valence-corrected chi connectivity index (χ2v) is 6.70. The summed E-state index contributed by atoms with van der Waals surface area (Å²) >= 11 is 0. The number of hydrogen-bond acceptors (Lipinski definition) is 7. The number of nitrogens with two attached hydrogens (primary N) is 1. The summed E-state index contributed by atoms with van der Waals surface area (Å²) in [7, 11) is 3.30. The molecule has 3 amide bonds. The molecular formula is C19H27N7O5. The Hall–Kier alpha value is -3.83. The number of imidazole rings is 1. The first-order chi connectivity index (χ1) is 14.7. The molecule has 2 aromatic rings. The second-order valence-electron chi connectivity index (χ2n) is 6.70. The average Bonchev–Trinajstić information content (AvgIpc) is 3.22. The highest BCUT2D eigenvalue weighted by atomic mass is 16.5. The summed E-state index contributed by atoms with van der Waals surface area (Å²) < 4.78 is 7.84. The lowest BCUT2D eigenvalue weighted by molar-refractivity contribution is -0.142. The highest BCUT2D eigenvalue weighted by Crippen LogP contribution is 2.09. The summed E-state index contributed by atoms with van der Waals surface area (Å²) in [5, 5.41) is 7.79. The number of nitrogens with zero attached hydrogens (tertiary/aromatic N) is 3. The third kappa shape index (κ3) is 6.87. The van der Waals surface area contributed by atoms with E-state index in [1.165, 1.54) is 10.8 Å². The van der Waals surface area contributed by atoms with Gasteiger partial charge in [-0.15, -0.1) is 0 Å². The van der Waals surface area contributed by atoms with Crippen LogP contribution in [-0.4, -0.2) is 57.5 Å². The van der Waals surface area contributed by atoms with Gasteiger partial charge >= 0.3 is 5.97 Å². The minimum atomic E-state index is -0.485. The fourth-order valence-corrected chi connectivity index (χ4v) is 2.73. The van der Waals surface area contributed by atoms with E-state index in [0.29, 0.717) is 11.4 Å². The lowest BCUT2D eigenvalue weighted by Gasteiger charge is -2.06. The number of nitrogens with one attached hydrogen (secondary N) is 3. The summed E-state index contributed by atoms with van der Waals surface area (Å²) in [6, 6.07) is 1.54. The van der Waals surface area contributed by atoms with Gasteiger partial charge in [-0.3, -0.25) is 19.2 Å². The van der Waals surface area contributed by atoms with Crippen LogP contribution in [0, 0.1) is 0 Å². The summed E-state index contributed by atoms with van der Waals surface area (Å²) in [5.41, 5.74) is 6.51. The minimum Gasteiger partial charge on any atom is -0.466 e. The first kappa shape index (κ1) is 23.4. The van der Waals surface area contributed by atoms with E-state index >= 15 is 0 Å². The maximum Gasteiger partial charge on any atom is 0.307 e. The third-order valence-corrected chi connectivity index (χ3v) is 4.16. The van der Waals surface area contributed by atoms with Gasteiger partial charge in [-0.25, -0.2) is 4.98 Å². The summed E-state index contributed by atoms with van der Waals surface area (Å²) in [4.78, 5) is 51.8. The number of hydrogen-bond donors (Lipinski definition) is 4. The second kappa shape index (κ2) is 10.8. The molecule has 2 rings (SSSR count). The van der Waals surface area contributed by atoms with Crippen molar-refractivity contribution in [3.8, 4) is 0 Å². The summed E-state index contributed by atoms with van der Waals surface area (Å²) in [6.07, 6.45) is 3.18. The smallest absolute Gasteiger partial charge is 0.307 e. The van der Waals surface area contributed by atoms with Crippen LogP contribution >= 0.6 is 0 Å². The Kier molecular flexibility index (Phi) is 8.17. The molecule has 0 saturated heterocycles. The molecule has 2 heterocycles. The highest BCUT2D eigenvalue weighted by Gasteiger charge is 2.16. The molecule has 0 fully saturated rings. The maximum atomic E-state index is 12.2. The maximum absolute atomic E-state index is 12.2. The van der Waals surface area contributed by atoms with Gasteiger partial charge in [0.2, 0.25) is 11.7 Å². The molecule has 12 nitrogen and oxygen atoms in total. The van der Waals surface area contributed by atoms with Crippen molar-refractivity contribution in [3.05, 3.63) is 30.0 Å². The lowest BCUT2D eigenvalue weighted by Crippen LogP contribution is -2.29. The molecule has 5 N–H and O–H groups in total. The zero-order valence-corrected chi connectivity index (χ0v) is 17.7. The van der Waals surface area contributed by atoms with Crippen LogP contribution in [0.25, 0.3) is 0 Å². The number of anilines is 2. The predicted octanol–water partition coefficient (Wildman–Crippen LogP) is -0.218. The minimum absolute atomic E-state index is 0.0172. The predicted molar refractivity (Wildman–Crippen MR) is 112 cm³/mol. The highest BCUT2D eigenvalue weighted by molar-refractivity contribution is 5.95. The first-order valence-corrected chi connectivity index (χ1v) is 9.68. The van der Waals surface area contributed by atoms with Crippen LogP contribution < -0.4 is 21.7 Å². The van der Waals surface area contributed by atoms with Crippen molar-refractivity contribution in [2.24, 2.45) is 14.1 Å². The fourth-order valence-electron chi connectivity index (χ4n) is 2.73. The molecule has 168 valence electrons. The lowest BCUT2D eigenvalue weighted by atomic mass is 10.3. The normalized spacial score (nSPS) is 10.4. The molecule has 0 aliphatic carbocycles. The van der Waals surface area contributed by atoms with E-state index in [4.69, 9.17) is 10.5 Å². The van der Waals surface area contributed by atoms with Crippen LogP contribution in [-0.2, 0) is 28.4 Å². The molecule has 2 aromatic heterocycles. The molecule has 31 heavy (non-hydrogen) atoms. The molecule has 0 aliphatic heterocycles. The Morgan fingerprint density at radius 3 is 2.35 bits per heavy atom. The first-order valence-electron chi connectivity index (χ1n) is 9.68. The SMILES string of the molecule is CCOC(=O)CCNC(=O)c1nc(NC(=O)CCNC(=O)c2cc(N)cn2C)cn1C. The van der Waals surface area contributed by atoms with E-state index in [2.05, 4.69) is 20.9 Å². The molecule has 0 unspecified atom stereocenters. The fraction of sp³-hybridized carbons (Fsp3) is 0.421. The number of esters is 1. The van der Waals surface area contributed by atoms with Gasteiger partial charge < -0.3 is 35.6 Å². The van der Waals surface area contributed by atoms with Gasteiger partial charge in [0.05, 0.1) is 18.7 Å². The monoisotopic (exact) mass is 433 g/mol. The van der Waals surface area contributed by atoms with Gasteiger partial charge in [0.1, 0.15) is 5.69 Å². The zero-order valence-electron chi connectivity index (χ0n) is 17.7. The van der Waals surface area contributed by atoms with E-state index in [9.17, 15) is 19.2 Å². The Labute approximate surface area is 179 Å².